The van der Waals surface area contributed by atoms with Crippen molar-refractivity contribution in [2.24, 2.45) is 10.3 Å². The van der Waals surface area contributed by atoms with Crippen molar-refractivity contribution in [1.82, 2.24) is 5.01 Å². The SMILES string of the molecule is Cc1ccc(N=NN2CCCC2)cc1S(=O)(=O)N(C)c1ccccc1. The topological polar surface area (TPSA) is 65.3 Å². The van der Waals surface area contributed by atoms with E-state index in [1.165, 1.54) is 4.31 Å². The molecule has 0 spiro atoms. The first-order valence-electron chi connectivity index (χ1n) is 8.30. The molecule has 0 radical (unpaired) electrons. The maximum Gasteiger partial charge on any atom is 0.264 e. The minimum Gasteiger partial charge on any atom is -0.278 e. The lowest BCUT2D eigenvalue weighted by molar-refractivity contribution is 0.336. The zero-order valence-electron chi connectivity index (χ0n) is 14.5. The molecular weight excluding hydrogens is 336 g/mol. The van der Waals surface area contributed by atoms with Crippen molar-refractivity contribution >= 4 is 21.4 Å². The quantitative estimate of drug-likeness (QED) is 0.761. The second kappa shape index (κ2) is 7.23. The predicted octanol–water partition coefficient (Wildman–Crippen LogP) is 3.91. The number of aryl methyl sites for hydroxylation is 1. The molecule has 0 saturated carbocycles. The van der Waals surface area contributed by atoms with Gasteiger partial charge in [0, 0.05) is 20.1 Å². The Hall–Kier alpha value is -2.41. The van der Waals surface area contributed by atoms with Crippen molar-refractivity contribution in [2.45, 2.75) is 24.7 Å². The first kappa shape index (κ1) is 17.4. The second-order valence-electron chi connectivity index (χ2n) is 6.11. The van der Waals surface area contributed by atoms with E-state index < -0.39 is 10.0 Å². The number of nitrogens with zero attached hydrogens (tertiary/aromatic N) is 4. The van der Waals surface area contributed by atoms with Crippen LogP contribution in [0.5, 0.6) is 0 Å². The minimum absolute atomic E-state index is 0.247. The van der Waals surface area contributed by atoms with Gasteiger partial charge in [0.2, 0.25) is 0 Å². The molecule has 0 N–H and O–H groups in total. The first-order chi connectivity index (χ1) is 12.0. The Morgan fingerprint density at radius 1 is 1.04 bits per heavy atom. The Kier molecular flexibility index (Phi) is 5.03. The molecule has 1 aliphatic heterocycles. The summed E-state index contributed by atoms with van der Waals surface area (Å²) in [5.74, 6) is 0. The molecule has 2 aromatic rings. The molecule has 2 aromatic carbocycles. The maximum absolute atomic E-state index is 13.0. The van der Waals surface area contributed by atoms with Crippen molar-refractivity contribution in [3.05, 3.63) is 54.1 Å². The summed E-state index contributed by atoms with van der Waals surface area (Å²) in [5.41, 5.74) is 1.84. The fourth-order valence-electron chi connectivity index (χ4n) is 2.76. The van der Waals surface area contributed by atoms with Crippen LogP contribution in [0.25, 0.3) is 0 Å². The molecule has 0 unspecified atom stereocenters. The number of sulfonamides is 1. The molecule has 25 heavy (non-hydrogen) atoms. The molecule has 1 heterocycles. The number of para-hydroxylation sites is 1. The van der Waals surface area contributed by atoms with Crippen molar-refractivity contribution in [1.29, 1.82) is 0 Å². The van der Waals surface area contributed by atoms with E-state index in [0.29, 0.717) is 16.9 Å². The van der Waals surface area contributed by atoms with E-state index in [4.69, 9.17) is 0 Å². The fraction of sp³-hybridized carbons (Fsp3) is 0.333. The summed E-state index contributed by atoms with van der Waals surface area (Å²) in [7, 11) is -2.11. The molecule has 1 saturated heterocycles. The van der Waals surface area contributed by atoms with E-state index >= 15 is 0 Å². The van der Waals surface area contributed by atoms with Crippen LogP contribution in [0.3, 0.4) is 0 Å². The third-order valence-electron chi connectivity index (χ3n) is 4.30. The van der Waals surface area contributed by atoms with E-state index in [1.54, 1.807) is 44.3 Å². The Bertz CT molecular complexity index is 860. The van der Waals surface area contributed by atoms with Crippen molar-refractivity contribution in [3.63, 3.8) is 0 Å². The molecule has 7 heteroatoms. The Labute approximate surface area is 148 Å². The highest BCUT2D eigenvalue weighted by Crippen LogP contribution is 2.28. The van der Waals surface area contributed by atoms with Crippen LogP contribution < -0.4 is 4.31 Å². The monoisotopic (exact) mass is 358 g/mol. The predicted molar refractivity (Wildman–Crippen MR) is 98.5 cm³/mol. The van der Waals surface area contributed by atoms with Gasteiger partial charge in [-0.3, -0.25) is 9.31 Å². The average molecular weight is 358 g/mol. The molecule has 132 valence electrons. The van der Waals surface area contributed by atoms with Gasteiger partial charge in [0.05, 0.1) is 16.3 Å². The Balaban J connectivity index is 1.91. The van der Waals surface area contributed by atoms with Crippen LogP contribution in [0, 0.1) is 6.92 Å². The normalized spacial score (nSPS) is 15.0. The van der Waals surface area contributed by atoms with E-state index in [1.807, 2.05) is 23.2 Å². The summed E-state index contributed by atoms with van der Waals surface area (Å²) < 4.78 is 27.3. The van der Waals surface area contributed by atoms with Gasteiger partial charge in [-0.05, 0) is 49.6 Å². The number of benzene rings is 2. The summed E-state index contributed by atoms with van der Waals surface area (Å²) in [6.45, 7) is 3.58. The smallest absolute Gasteiger partial charge is 0.264 e. The minimum atomic E-state index is -3.66. The lowest BCUT2D eigenvalue weighted by Crippen LogP contribution is -2.27. The molecule has 3 rings (SSSR count). The molecule has 0 atom stereocenters. The van der Waals surface area contributed by atoms with E-state index in [9.17, 15) is 8.42 Å². The highest BCUT2D eigenvalue weighted by atomic mass is 32.2. The summed E-state index contributed by atoms with van der Waals surface area (Å²) in [6.07, 6.45) is 2.24. The number of anilines is 1. The lowest BCUT2D eigenvalue weighted by Gasteiger charge is -2.20. The van der Waals surface area contributed by atoms with Crippen LogP contribution in [-0.2, 0) is 10.0 Å². The summed E-state index contributed by atoms with van der Waals surface area (Å²) in [6, 6.07) is 14.2. The Morgan fingerprint density at radius 2 is 1.72 bits per heavy atom. The largest absolute Gasteiger partial charge is 0.278 e. The highest BCUT2D eigenvalue weighted by molar-refractivity contribution is 7.92. The molecule has 1 fully saturated rings. The van der Waals surface area contributed by atoms with Gasteiger partial charge in [-0.25, -0.2) is 8.42 Å². The third kappa shape index (κ3) is 3.82. The van der Waals surface area contributed by atoms with Crippen LogP contribution in [0.4, 0.5) is 11.4 Å². The molecular formula is C18H22N4O2S. The van der Waals surface area contributed by atoms with E-state index in [0.717, 1.165) is 25.9 Å². The van der Waals surface area contributed by atoms with Crippen molar-refractivity contribution in [3.8, 4) is 0 Å². The van der Waals surface area contributed by atoms with Crippen LogP contribution in [-0.4, -0.2) is 33.6 Å². The van der Waals surface area contributed by atoms with Crippen molar-refractivity contribution in [2.75, 3.05) is 24.4 Å². The number of rotatable bonds is 5. The highest BCUT2D eigenvalue weighted by Gasteiger charge is 2.23. The zero-order chi connectivity index (χ0) is 17.9. The second-order valence-corrected chi connectivity index (χ2v) is 8.05. The van der Waals surface area contributed by atoms with Gasteiger partial charge in [-0.15, -0.1) is 5.11 Å². The average Bonchev–Trinajstić information content (AvgIpc) is 3.14. The molecule has 1 aliphatic rings. The Morgan fingerprint density at radius 3 is 2.40 bits per heavy atom. The zero-order valence-corrected chi connectivity index (χ0v) is 15.3. The van der Waals surface area contributed by atoms with Crippen LogP contribution >= 0.6 is 0 Å². The molecule has 0 aliphatic carbocycles. The standard InChI is InChI=1S/C18H22N4O2S/c1-15-10-11-16(19-20-22-12-6-7-13-22)14-18(15)25(23,24)21(2)17-8-4-3-5-9-17/h3-5,8-11,14H,6-7,12-13H2,1-2H3. The van der Waals surface area contributed by atoms with Gasteiger partial charge in [0.1, 0.15) is 0 Å². The maximum atomic E-state index is 13.0. The molecule has 0 amide bonds. The number of hydrogen-bond acceptors (Lipinski definition) is 4. The van der Waals surface area contributed by atoms with Crippen LogP contribution in [0.2, 0.25) is 0 Å². The van der Waals surface area contributed by atoms with E-state index in [2.05, 4.69) is 10.3 Å². The first-order valence-corrected chi connectivity index (χ1v) is 9.74. The van der Waals surface area contributed by atoms with Crippen LogP contribution in [0.15, 0.2) is 63.8 Å². The number of hydrogen-bond donors (Lipinski definition) is 0. The molecule has 0 bridgehead atoms. The van der Waals surface area contributed by atoms with Crippen molar-refractivity contribution < 1.29 is 8.42 Å². The van der Waals surface area contributed by atoms with Gasteiger partial charge in [0.25, 0.3) is 10.0 Å². The summed E-state index contributed by atoms with van der Waals surface area (Å²) >= 11 is 0. The molecule has 6 nitrogen and oxygen atoms in total. The van der Waals surface area contributed by atoms with Gasteiger partial charge >= 0.3 is 0 Å². The summed E-state index contributed by atoms with van der Waals surface area (Å²) in [4.78, 5) is 0.247. The third-order valence-corrected chi connectivity index (χ3v) is 6.23. The molecule has 0 aromatic heterocycles. The fourth-order valence-corrected chi connectivity index (χ4v) is 4.20. The van der Waals surface area contributed by atoms with Gasteiger partial charge in [0.15, 0.2) is 0 Å². The lowest BCUT2D eigenvalue weighted by atomic mass is 10.2. The van der Waals surface area contributed by atoms with Gasteiger partial charge in [-0.1, -0.05) is 29.5 Å². The summed E-state index contributed by atoms with van der Waals surface area (Å²) in [5, 5.41) is 10.3. The van der Waals surface area contributed by atoms with Gasteiger partial charge < -0.3 is 0 Å². The van der Waals surface area contributed by atoms with E-state index in [-0.39, 0.29) is 4.90 Å². The van der Waals surface area contributed by atoms with Crippen LogP contribution in [0.1, 0.15) is 18.4 Å². The van der Waals surface area contributed by atoms with Gasteiger partial charge in [-0.2, -0.15) is 0 Å².